The lowest BCUT2D eigenvalue weighted by Crippen LogP contribution is -2.27. The van der Waals surface area contributed by atoms with Gasteiger partial charge in [-0.1, -0.05) is 12.1 Å². The molecule has 0 aliphatic carbocycles. The fourth-order valence-electron chi connectivity index (χ4n) is 4.03. The average molecular weight is 400 g/mol. The van der Waals surface area contributed by atoms with Gasteiger partial charge < -0.3 is 14.0 Å². The van der Waals surface area contributed by atoms with E-state index >= 15 is 0 Å². The van der Waals surface area contributed by atoms with Crippen molar-refractivity contribution >= 4 is 27.6 Å². The van der Waals surface area contributed by atoms with Gasteiger partial charge in [-0.05, 0) is 49.1 Å². The molecule has 6 heteroatoms. The van der Waals surface area contributed by atoms with Crippen LogP contribution < -0.4 is 10.2 Å². The molecule has 150 valence electrons. The standard InChI is InChI=1S/C24H20N2O4/c1-3-29-24(28)20-12-26-14(2)13-30-23-18(6-7-19(21(23)26)22(20)27)16-4-5-17-11-25-9-8-15(17)10-16/h4-12,14H,3,13H2,1-2H3/t14-/m0/s1. The highest BCUT2D eigenvalue weighted by atomic mass is 16.5. The van der Waals surface area contributed by atoms with Crippen molar-refractivity contribution in [3.8, 4) is 16.9 Å². The van der Waals surface area contributed by atoms with E-state index in [1.807, 2.05) is 42.0 Å². The zero-order valence-corrected chi connectivity index (χ0v) is 16.7. The fourth-order valence-corrected chi connectivity index (χ4v) is 4.03. The predicted molar refractivity (Wildman–Crippen MR) is 115 cm³/mol. The van der Waals surface area contributed by atoms with Crippen LogP contribution in [0.5, 0.6) is 5.75 Å². The van der Waals surface area contributed by atoms with Crippen molar-refractivity contribution in [1.29, 1.82) is 0 Å². The molecule has 4 aromatic rings. The first-order valence-corrected chi connectivity index (χ1v) is 9.94. The van der Waals surface area contributed by atoms with E-state index in [1.54, 1.807) is 25.4 Å². The van der Waals surface area contributed by atoms with Gasteiger partial charge in [0.1, 0.15) is 12.2 Å². The molecule has 0 radical (unpaired) electrons. The molecule has 30 heavy (non-hydrogen) atoms. The van der Waals surface area contributed by atoms with Crippen molar-refractivity contribution in [3.63, 3.8) is 0 Å². The summed E-state index contributed by atoms with van der Waals surface area (Å²) in [5.41, 5.74) is 2.32. The first-order valence-electron chi connectivity index (χ1n) is 9.94. The normalized spacial score (nSPS) is 15.2. The van der Waals surface area contributed by atoms with Gasteiger partial charge in [-0.15, -0.1) is 0 Å². The van der Waals surface area contributed by atoms with Crippen molar-refractivity contribution in [2.45, 2.75) is 19.9 Å². The maximum Gasteiger partial charge on any atom is 0.343 e. The van der Waals surface area contributed by atoms with Gasteiger partial charge in [-0.3, -0.25) is 9.78 Å². The van der Waals surface area contributed by atoms with Crippen molar-refractivity contribution < 1.29 is 14.3 Å². The largest absolute Gasteiger partial charge is 0.489 e. The minimum absolute atomic E-state index is 0.0216. The van der Waals surface area contributed by atoms with Gasteiger partial charge >= 0.3 is 5.97 Å². The van der Waals surface area contributed by atoms with E-state index in [9.17, 15) is 9.59 Å². The fraction of sp³-hybridized carbons (Fsp3) is 0.208. The van der Waals surface area contributed by atoms with Gasteiger partial charge in [0.05, 0.1) is 23.6 Å². The molecule has 1 aliphatic rings. The van der Waals surface area contributed by atoms with E-state index in [0.717, 1.165) is 21.9 Å². The summed E-state index contributed by atoms with van der Waals surface area (Å²) in [5, 5.41) is 2.59. The summed E-state index contributed by atoms with van der Waals surface area (Å²) in [6.07, 6.45) is 5.20. The van der Waals surface area contributed by atoms with Gasteiger partial charge in [0.2, 0.25) is 5.43 Å². The Bertz CT molecular complexity index is 1370. The van der Waals surface area contributed by atoms with Crippen molar-refractivity contribution in [2.24, 2.45) is 0 Å². The molecule has 6 nitrogen and oxygen atoms in total. The Kier molecular flexibility index (Phi) is 4.28. The highest BCUT2D eigenvalue weighted by Crippen LogP contribution is 2.40. The van der Waals surface area contributed by atoms with Crippen LogP contribution in [-0.2, 0) is 4.74 Å². The zero-order chi connectivity index (χ0) is 20.8. The number of esters is 1. The van der Waals surface area contributed by atoms with Crippen LogP contribution in [0.2, 0.25) is 0 Å². The Balaban J connectivity index is 1.78. The second kappa shape index (κ2) is 6.99. The number of benzene rings is 2. The van der Waals surface area contributed by atoms with Crippen molar-refractivity contribution in [3.05, 3.63) is 70.8 Å². The van der Waals surface area contributed by atoms with Crippen LogP contribution in [0.3, 0.4) is 0 Å². The summed E-state index contributed by atoms with van der Waals surface area (Å²) < 4.78 is 13.2. The lowest BCUT2D eigenvalue weighted by molar-refractivity contribution is 0.0523. The number of hydrogen-bond acceptors (Lipinski definition) is 5. The number of ether oxygens (including phenoxy) is 2. The molecule has 1 atom stereocenters. The van der Waals surface area contributed by atoms with E-state index in [0.29, 0.717) is 23.3 Å². The Morgan fingerprint density at radius 3 is 2.93 bits per heavy atom. The van der Waals surface area contributed by atoms with E-state index in [1.165, 1.54) is 0 Å². The molecule has 1 aliphatic heterocycles. The Morgan fingerprint density at radius 1 is 1.23 bits per heavy atom. The highest BCUT2D eigenvalue weighted by molar-refractivity contribution is 5.99. The van der Waals surface area contributed by atoms with Gasteiger partial charge in [-0.2, -0.15) is 0 Å². The van der Waals surface area contributed by atoms with Gasteiger partial charge in [-0.25, -0.2) is 4.79 Å². The Labute approximate surface area is 172 Å². The summed E-state index contributed by atoms with van der Waals surface area (Å²) in [4.78, 5) is 29.5. The maximum atomic E-state index is 13.0. The molecule has 3 heterocycles. The van der Waals surface area contributed by atoms with E-state index in [4.69, 9.17) is 9.47 Å². The number of aromatic nitrogens is 2. The summed E-state index contributed by atoms with van der Waals surface area (Å²) in [5.74, 6) is 0.0622. The molecule has 0 bridgehead atoms. The number of nitrogens with zero attached hydrogens (tertiary/aromatic N) is 2. The number of rotatable bonds is 3. The summed E-state index contributed by atoms with van der Waals surface area (Å²) >= 11 is 0. The molecule has 0 saturated carbocycles. The molecule has 0 saturated heterocycles. The van der Waals surface area contributed by atoms with Crippen LogP contribution >= 0.6 is 0 Å². The molecule has 2 aromatic heterocycles. The van der Waals surface area contributed by atoms with E-state index in [-0.39, 0.29) is 23.6 Å². The highest BCUT2D eigenvalue weighted by Gasteiger charge is 2.26. The number of carbonyl (C=O) groups is 1. The number of fused-ring (bicyclic) bond motifs is 1. The van der Waals surface area contributed by atoms with E-state index < -0.39 is 5.97 Å². The molecule has 5 rings (SSSR count). The molecule has 0 spiro atoms. The molecule has 0 unspecified atom stereocenters. The second-order valence-corrected chi connectivity index (χ2v) is 7.44. The first-order chi connectivity index (χ1) is 14.6. The van der Waals surface area contributed by atoms with Gasteiger partial charge in [0, 0.05) is 29.5 Å². The smallest absolute Gasteiger partial charge is 0.343 e. The van der Waals surface area contributed by atoms with Crippen molar-refractivity contribution in [1.82, 2.24) is 9.55 Å². The van der Waals surface area contributed by atoms with E-state index in [2.05, 4.69) is 11.1 Å². The molecule has 2 aromatic carbocycles. The molecular formula is C24H20N2O4. The summed E-state index contributed by atoms with van der Waals surface area (Å²) in [6.45, 7) is 4.39. The lowest BCUT2D eigenvalue weighted by atomic mass is 9.98. The third-order valence-corrected chi connectivity index (χ3v) is 5.54. The summed E-state index contributed by atoms with van der Waals surface area (Å²) in [7, 11) is 0. The van der Waals surface area contributed by atoms with Gasteiger partial charge in [0.25, 0.3) is 0 Å². The van der Waals surface area contributed by atoms with Gasteiger partial charge in [0.15, 0.2) is 5.75 Å². The van der Waals surface area contributed by atoms with Crippen molar-refractivity contribution in [2.75, 3.05) is 13.2 Å². The van der Waals surface area contributed by atoms with Crippen LogP contribution in [0.15, 0.2) is 59.8 Å². The third kappa shape index (κ3) is 2.76. The van der Waals surface area contributed by atoms with Crippen LogP contribution in [0, 0.1) is 0 Å². The molecular weight excluding hydrogens is 380 g/mol. The quantitative estimate of drug-likeness (QED) is 0.478. The zero-order valence-electron chi connectivity index (χ0n) is 16.7. The molecule has 0 fully saturated rings. The maximum absolute atomic E-state index is 13.0. The SMILES string of the molecule is CCOC(=O)c1cn2c3c(c(-c4ccc5cnccc5c4)ccc3c1=O)OC[C@@H]2C. The second-order valence-electron chi connectivity index (χ2n) is 7.44. The first kappa shape index (κ1) is 18.4. The number of pyridine rings is 2. The average Bonchev–Trinajstić information content (AvgIpc) is 2.77. The topological polar surface area (TPSA) is 70.4 Å². The van der Waals surface area contributed by atoms with Crippen LogP contribution in [0.4, 0.5) is 0 Å². The summed E-state index contributed by atoms with van der Waals surface area (Å²) in [6, 6.07) is 11.7. The van der Waals surface area contributed by atoms with Crippen LogP contribution in [0.1, 0.15) is 30.2 Å². The minimum atomic E-state index is -0.597. The molecule has 0 amide bonds. The Morgan fingerprint density at radius 2 is 2.10 bits per heavy atom. The third-order valence-electron chi connectivity index (χ3n) is 5.54. The monoisotopic (exact) mass is 400 g/mol. The van der Waals surface area contributed by atoms with Crippen LogP contribution in [0.25, 0.3) is 32.8 Å². The molecule has 0 N–H and O–H groups in total. The predicted octanol–water partition coefficient (Wildman–Crippen LogP) is 4.35. The lowest BCUT2D eigenvalue weighted by Gasteiger charge is -2.28. The minimum Gasteiger partial charge on any atom is -0.489 e. The number of hydrogen-bond donors (Lipinski definition) is 0. The Hall–Kier alpha value is -3.67. The van der Waals surface area contributed by atoms with Crippen LogP contribution in [-0.4, -0.2) is 28.7 Å². The number of carbonyl (C=O) groups excluding carboxylic acids is 1.